The van der Waals surface area contributed by atoms with Gasteiger partial charge in [-0.15, -0.1) is 0 Å². The highest BCUT2D eigenvalue weighted by molar-refractivity contribution is 14.1. The molecule has 2 nitrogen and oxygen atoms in total. The molecule has 10 heteroatoms. The van der Waals surface area contributed by atoms with Crippen LogP contribution < -0.4 is 0 Å². The van der Waals surface area contributed by atoms with E-state index in [9.17, 15) is 35.5 Å². The molecule has 0 aromatic rings. The third-order valence-electron chi connectivity index (χ3n) is 2.07. The molecule has 0 spiro atoms. The molecule has 1 unspecified atom stereocenters. The number of rotatable bonds is 5. The normalized spacial score (nSPS) is 16.9. The number of carbonyl (C=O) groups is 1. The molecular formula is C9H10F7IO2. The minimum Gasteiger partial charge on any atom is -0.465 e. The second kappa shape index (κ2) is 5.60. The van der Waals surface area contributed by atoms with Crippen molar-refractivity contribution < 1.29 is 40.3 Å². The first-order valence-corrected chi connectivity index (χ1v) is 5.95. The SMILES string of the molecule is CCOC(=O)C(C)(I)CC(F)(F)C(F)(F)C(F)(F)F. The van der Waals surface area contributed by atoms with E-state index in [0.29, 0.717) is 0 Å². The predicted molar refractivity (Wildman–Crippen MR) is 59.6 cm³/mol. The van der Waals surface area contributed by atoms with Crippen molar-refractivity contribution in [1.82, 2.24) is 0 Å². The Labute approximate surface area is 117 Å². The minimum atomic E-state index is -6.40. The van der Waals surface area contributed by atoms with Crippen LogP contribution in [-0.2, 0) is 9.53 Å². The highest BCUT2D eigenvalue weighted by atomic mass is 127. The Bertz CT molecular complexity index is 338. The molecule has 0 heterocycles. The van der Waals surface area contributed by atoms with E-state index in [1.165, 1.54) is 6.92 Å². The Morgan fingerprint density at radius 2 is 1.53 bits per heavy atom. The second-order valence-corrected chi connectivity index (χ2v) is 6.25. The van der Waals surface area contributed by atoms with Gasteiger partial charge in [-0.1, -0.05) is 22.6 Å². The maximum atomic E-state index is 13.1. The summed E-state index contributed by atoms with van der Waals surface area (Å²) in [5, 5.41) is 0. The van der Waals surface area contributed by atoms with Crippen molar-refractivity contribution in [2.45, 2.75) is 41.7 Å². The number of carbonyl (C=O) groups excluding carboxylic acids is 1. The fourth-order valence-corrected chi connectivity index (χ4v) is 1.72. The molecule has 0 radical (unpaired) electrons. The monoisotopic (exact) mass is 410 g/mol. The fourth-order valence-electron chi connectivity index (χ4n) is 1.09. The predicted octanol–water partition coefficient (Wildman–Crippen LogP) is 3.97. The van der Waals surface area contributed by atoms with E-state index < -0.39 is 33.8 Å². The number of halogens is 8. The highest BCUT2D eigenvalue weighted by Gasteiger charge is 2.74. The van der Waals surface area contributed by atoms with Crippen LogP contribution in [0.1, 0.15) is 20.3 Å². The Morgan fingerprint density at radius 1 is 1.11 bits per heavy atom. The van der Waals surface area contributed by atoms with Crippen LogP contribution in [0.5, 0.6) is 0 Å². The van der Waals surface area contributed by atoms with Gasteiger partial charge in [-0.2, -0.15) is 30.7 Å². The highest BCUT2D eigenvalue weighted by Crippen LogP contribution is 2.50. The molecule has 0 saturated carbocycles. The van der Waals surface area contributed by atoms with Gasteiger partial charge in [0, 0.05) is 6.42 Å². The first kappa shape index (κ1) is 18.7. The quantitative estimate of drug-likeness (QED) is 0.297. The fraction of sp³-hybridized carbons (Fsp3) is 0.889. The molecule has 0 aromatic carbocycles. The first-order valence-electron chi connectivity index (χ1n) is 4.87. The van der Waals surface area contributed by atoms with E-state index in [-0.39, 0.29) is 6.61 Å². The summed E-state index contributed by atoms with van der Waals surface area (Å²) in [6, 6.07) is 0. The minimum absolute atomic E-state index is 0.210. The lowest BCUT2D eigenvalue weighted by atomic mass is 9.98. The average molecular weight is 410 g/mol. The third kappa shape index (κ3) is 4.09. The van der Waals surface area contributed by atoms with Crippen LogP contribution in [0.25, 0.3) is 0 Å². The maximum absolute atomic E-state index is 13.1. The Kier molecular flexibility index (Phi) is 5.52. The summed E-state index contributed by atoms with van der Waals surface area (Å²) < 4.78 is 89.4. The summed E-state index contributed by atoms with van der Waals surface area (Å²) in [5.41, 5.74) is 0. The summed E-state index contributed by atoms with van der Waals surface area (Å²) >= 11 is 1.06. The number of alkyl halides is 8. The second-order valence-electron chi connectivity index (χ2n) is 3.87. The van der Waals surface area contributed by atoms with E-state index in [0.717, 1.165) is 29.5 Å². The molecule has 0 bridgehead atoms. The zero-order valence-electron chi connectivity index (χ0n) is 9.75. The molecule has 0 N–H and O–H groups in total. The van der Waals surface area contributed by atoms with Crippen molar-refractivity contribution in [1.29, 1.82) is 0 Å². The molecule has 0 aliphatic rings. The summed E-state index contributed by atoms with van der Waals surface area (Å²) in [5.74, 6) is -12.9. The largest absolute Gasteiger partial charge is 0.465 e. The van der Waals surface area contributed by atoms with Gasteiger partial charge in [0.15, 0.2) is 0 Å². The van der Waals surface area contributed by atoms with Crippen LogP contribution in [0, 0.1) is 0 Å². The summed E-state index contributed by atoms with van der Waals surface area (Å²) in [4.78, 5) is 11.2. The summed E-state index contributed by atoms with van der Waals surface area (Å²) in [6.45, 7) is 1.93. The summed E-state index contributed by atoms with van der Waals surface area (Å²) in [7, 11) is 0. The van der Waals surface area contributed by atoms with Gasteiger partial charge in [-0.25, -0.2) is 0 Å². The van der Waals surface area contributed by atoms with Gasteiger partial charge in [0.1, 0.15) is 3.42 Å². The number of esters is 1. The van der Waals surface area contributed by atoms with Crippen LogP contribution in [0.15, 0.2) is 0 Å². The molecule has 0 fully saturated rings. The Balaban J connectivity index is 5.21. The van der Waals surface area contributed by atoms with Gasteiger partial charge in [-0.05, 0) is 13.8 Å². The van der Waals surface area contributed by atoms with Crippen LogP contribution >= 0.6 is 22.6 Å². The number of ether oxygens (including phenoxy) is 1. The smallest absolute Gasteiger partial charge is 0.459 e. The zero-order chi connectivity index (χ0) is 15.7. The molecule has 0 saturated heterocycles. The molecule has 19 heavy (non-hydrogen) atoms. The molecule has 0 rings (SSSR count). The van der Waals surface area contributed by atoms with Crippen LogP contribution in [0.3, 0.4) is 0 Å². The number of hydrogen-bond donors (Lipinski definition) is 0. The molecule has 1 atom stereocenters. The van der Waals surface area contributed by atoms with Gasteiger partial charge in [0.2, 0.25) is 0 Å². The van der Waals surface area contributed by atoms with E-state index in [1.807, 2.05) is 0 Å². The molecule has 114 valence electrons. The van der Waals surface area contributed by atoms with Gasteiger partial charge < -0.3 is 4.74 Å². The van der Waals surface area contributed by atoms with Crippen molar-refractivity contribution >= 4 is 28.6 Å². The maximum Gasteiger partial charge on any atom is 0.459 e. The van der Waals surface area contributed by atoms with Gasteiger partial charge in [0.25, 0.3) is 0 Å². The molecular weight excluding hydrogens is 400 g/mol. The lowest BCUT2D eigenvalue weighted by Gasteiger charge is -2.32. The topological polar surface area (TPSA) is 26.3 Å². The number of hydrogen-bond acceptors (Lipinski definition) is 2. The zero-order valence-corrected chi connectivity index (χ0v) is 11.9. The van der Waals surface area contributed by atoms with Crippen molar-refractivity contribution in [3.63, 3.8) is 0 Å². The van der Waals surface area contributed by atoms with Crippen LogP contribution in [0.2, 0.25) is 0 Å². The lowest BCUT2D eigenvalue weighted by Crippen LogP contribution is -2.55. The van der Waals surface area contributed by atoms with E-state index in [4.69, 9.17) is 0 Å². The van der Waals surface area contributed by atoms with Gasteiger partial charge >= 0.3 is 24.0 Å². The van der Waals surface area contributed by atoms with Gasteiger partial charge in [0.05, 0.1) is 6.61 Å². The van der Waals surface area contributed by atoms with E-state index >= 15 is 0 Å². The van der Waals surface area contributed by atoms with E-state index in [1.54, 1.807) is 0 Å². The lowest BCUT2D eigenvalue weighted by molar-refractivity contribution is -0.356. The Morgan fingerprint density at radius 3 is 1.84 bits per heavy atom. The summed E-state index contributed by atoms with van der Waals surface area (Å²) in [6.07, 6.45) is -8.40. The van der Waals surface area contributed by atoms with Crippen LogP contribution in [0.4, 0.5) is 30.7 Å². The molecule has 0 aromatic heterocycles. The van der Waals surface area contributed by atoms with Crippen molar-refractivity contribution in [3.8, 4) is 0 Å². The van der Waals surface area contributed by atoms with Gasteiger partial charge in [-0.3, -0.25) is 4.79 Å². The molecule has 0 aliphatic carbocycles. The van der Waals surface area contributed by atoms with Crippen LogP contribution in [-0.4, -0.2) is 34.0 Å². The molecule has 0 aliphatic heterocycles. The van der Waals surface area contributed by atoms with Crippen molar-refractivity contribution in [3.05, 3.63) is 0 Å². The van der Waals surface area contributed by atoms with Crippen molar-refractivity contribution in [2.24, 2.45) is 0 Å². The van der Waals surface area contributed by atoms with E-state index in [2.05, 4.69) is 4.74 Å². The Hall–Kier alpha value is -0.290. The average Bonchev–Trinajstić information content (AvgIpc) is 2.14. The standard InChI is InChI=1S/C9H10F7IO2/c1-3-19-5(18)6(2,17)4-7(10,11)8(12,13)9(14,15)16/h3-4H2,1-2H3. The first-order chi connectivity index (χ1) is 8.19. The molecule has 0 amide bonds. The van der Waals surface area contributed by atoms with Crippen molar-refractivity contribution in [2.75, 3.05) is 6.61 Å². The third-order valence-corrected chi connectivity index (χ3v) is 2.89.